The molecule has 7 N–H and O–H groups in total. The number of hydrogen-bond donors (Lipinski definition) is 6. The van der Waals surface area contributed by atoms with Gasteiger partial charge in [-0.3, -0.25) is 20.2 Å². The number of nitrogens with zero attached hydrogens (tertiary/aromatic N) is 6. The first-order chi connectivity index (χ1) is 42.5. The molecule has 5 amide bonds. The number of hydrogen-bond acceptors (Lipinski definition) is 11. The number of nitrogens with one attached hydrogen (secondary N) is 5. The molecule has 0 fully saturated rings. The molecule has 0 aliphatic rings. The average molecular weight is 1220 g/mol. The maximum Gasteiger partial charge on any atom is 0.324 e. The lowest BCUT2D eigenvalue weighted by atomic mass is 9.92. The summed E-state index contributed by atoms with van der Waals surface area (Å²) in [5.41, 5.74) is 14.6. The average Bonchev–Trinajstić information content (AvgIpc) is 2.23. The van der Waals surface area contributed by atoms with E-state index in [9.17, 15) is 19.2 Å². The fraction of sp³-hybridized carbons (Fsp3) is 0.257. The Balaban J connectivity index is 0.000000215. The molecule has 10 aromatic rings. The second-order valence-electron chi connectivity index (χ2n) is 23.2. The van der Waals surface area contributed by atoms with Crippen LogP contribution in [0.1, 0.15) is 102 Å². The number of ether oxygens (including phenoxy) is 2. The predicted octanol–water partition coefficient (Wildman–Crippen LogP) is 15.7. The number of carbonyl (C=O) groups is 4. The number of aromatic nitrogens is 6. The van der Waals surface area contributed by atoms with E-state index in [4.69, 9.17) is 37.0 Å². The molecule has 0 radical (unpaired) electrons. The quantitative estimate of drug-likeness (QED) is 0.0469. The number of carbonyl (C=O) groups excluding carboxylic acids is 4. The first kappa shape index (κ1) is 64.9. The lowest BCUT2D eigenvalue weighted by Gasteiger charge is -2.14. The maximum atomic E-state index is 13.3. The largest absolute Gasteiger partial charge is 0.493 e. The van der Waals surface area contributed by atoms with Gasteiger partial charge in [-0.15, -0.1) is 0 Å². The van der Waals surface area contributed by atoms with E-state index >= 15 is 0 Å². The van der Waals surface area contributed by atoms with E-state index in [0.717, 1.165) is 72.3 Å². The standard InChI is InChI=1S/C35H38N6O3.C32H34N6O2.C3H5ClO/c1-6-33(42)38-31-21-24(17-19-36-31)18-20-44-29-16-15-28(26-9-7-8-10-27(26)29)37-34(43)39-32-22-30(35(3,4)5)40-41(32)25-13-11-23(2)12-14-25;1-21-9-11-23(12-10-21)38-30(20-28(37-38)32(2,3)4)36-31(39)35-26-13-14-27(25-8-6-5-7-24(25)26)40-18-16-22-15-17-34-29(33)19-22;1-2-3(4)5/h7-17,19,21-22H,6,18,20H2,1-5H3,(H,36,38,42)(H2,37,39,43);5-15,17,19-20H,16,18H2,1-4H3,(H2,33,34)(H2,35,36,39);2H2,1H3. The minimum atomic E-state index is -0.374. The Morgan fingerprint density at radius 3 is 1.33 bits per heavy atom. The summed E-state index contributed by atoms with van der Waals surface area (Å²) in [5.74, 6) is 3.58. The molecule has 0 saturated carbocycles. The van der Waals surface area contributed by atoms with Crippen molar-refractivity contribution in [1.82, 2.24) is 29.5 Å². The number of pyridine rings is 2. The van der Waals surface area contributed by atoms with Crippen molar-refractivity contribution in [3.63, 3.8) is 0 Å². The summed E-state index contributed by atoms with van der Waals surface area (Å²) in [6.45, 7) is 21.1. The van der Waals surface area contributed by atoms with Gasteiger partial charge in [0.05, 0.1) is 47.4 Å². The highest BCUT2D eigenvalue weighted by atomic mass is 35.5. The zero-order chi connectivity index (χ0) is 63.8. The molecule has 18 nitrogen and oxygen atoms in total. The fourth-order valence-corrected chi connectivity index (χ4v) is 9.13. The number of nitrogens with two attached hydrogens (primary N) is 1. The van der Waals surface area contributed by atoms with Crippen LogP contribution in [0.4, 0.5) is 44.2 Å². The molecule has 0 saturated heterocycles. The molecule has 10 rings (SSSR count). The minimum Gasteiger partial charge on any atom is -0.493 e. The SMILES string of the molecule is CCC(=O)Cl.CCC(=O)Nc1cc(CCOc2ccc(NC(=O)Nc3cc(C(C)(C)C)nn3-c3ccc(C)cc3)c3ccccc23)ccn1.Cc1ccc(-n2nc(C(C)(C)C)cc2NC(=O)Nc2ccc(OCCc3ccnc(N)c3)c3ccccc23)cc1. The Morgan fingerprint density at radius 1 is 0.506 bits per heavy atom. The smallest absolute Gasteiger partial charge is 0.324 e. The van der Waals surface area contributed by atoms with Crippen molar-refractivity contribution in [3.05, 3.63) is 204 Å². The van der Waals surface area contributed by atoms with Crippen LogP contribution in [0.3, 0.4) is 0 Å². The van der Waals surface area contributed by atoms with E-state index in [1.807, 2.05) is 172 Å². The molecule has 6 aromatic carbocycles. The van der Waals surface area contributed by atoms with Gasteiger partial charge in [0.25, 0.3) is 0 Å². The summed E-state index contributed by atoms with van der Waals surface area (Å²) >= 11 is 4.82. The lowest BCUT2D eigenvalue weighted by molar-refractivity contribution is -0.116. The van der Waals surface area contributed by atoms with Gasteiger partial charge in [0.2, 0.25) is 11.1 Å². The van der Waals surface area contributed by atoms with Crippen LogP contribution in [0.2, 0.25) is 0 Å². The molecular weight excluding hydrogens is 1140 g/mol. The van der Waals surface area contributed by atoms with Crippen LogP contribution >= 0.6 is 11.6 Å². The van der Waals surface area contributed by atoms with Crippen LogP contribution in [-0.4, -0.2) is 66.0 Å². The number of rotatable bonds is 17. The Morgan fingerprint density at radius 2 is 0.921 bits per heavy atom. The third-order valence-corrected chi connectivity index (χ3v) is 14.4. The molecule has 0 atom stereocenters. The molecule has 0 spiro atoms. The summed E-state index contributed by atoms with van der Waals surface area (Å²) in [4.78, 5) is 56.1. The fourth-order valence-electron chi connectivity index (χ4n) is 9.13. The predicted molar refractivity (Wildman–Crippen MR) is 359 cm³/mol. The highest BCUT2D eigenvalue weighted by molar-refractivity contribution is 6.63. The topological polar surface area (TPSA) is 234 Å². The molecule has 4 heterocycles. The molecule has 0 aliphatic heterocycles. The Kier molecular flexibility index (Phi) is 21.6. The second-order valence-corrected chi connectivity index (χ2v) is 23.7. The first-order valence-electron chi connectivity index (χ1n) is 29.5. The van der Waals surface area contributed by atoms with Gasteiger partial charge in [-0.05, 0) is 109 Å². The molecule has 460 valence electrons. The van der Waals surface area contributed by atoms with E-state index in [-0.39, 0.29) is 34.0 Å². The van der Waals surface area contributed by atoms with Crippen molar-refractivity contribution in [3.8, 4) is 22.9 Å². The van der Waals surface area contributed by atoms with Crippen molar-refractivity contribution in [2.45, 2.75) is 106 Å². The molecule has 89 heavy (non-hydrogen) atoms. The van der Waals surface area contributed by atoms with Crippen LogP contribution < -0.4 is 41.8 Å². The van der Waals surface area contributed by atoms with Gasteiger partial charge in [-0.1, -0.05) is 139 Å². The molecule has 0 unspecified atom stereocenters. The summed E-state index contributed by atoms with van der Waals surface area (Å²) < 4.78 is 15.8. The van der Waals surface area contributed by atoms with Gasteiger partial charge < -0.3 is 31.2 Å². The minimum absolute atomic E-state index is 0.0775. The third kappa shape index (κ3) is 18.0. The van der Waals surface area contributed by atoms with E-state index in [2.05, 4.69) is 78.1 Å². The Bertz CT molecular complexity index is 4090. The Labute approximate surface area is 524 Å². The van der Waals surface area contributed by atoms with E-state index < -0.39 is 0 Å². The van der Waals surface area contributed by atoms with Crippen molar-refractivity contribution in [2.75, 3.05) is 45.5 Å². The Hall–Kier alpha value is -10.1. The molecular formula is C70H77ClN12O6. The lowest BCUT2D eigenvalue weighted by Crippen LogP contribution is -2.21. The van der Waals surface area contributed by atoms with Crippen LogP contribution in [0.15, 0.2) is 170 Å². The van der Waals surface area contributed by atoms with Crippen LogP contribution in [0, 0.1) is 13.8 Å². The number of halogens is 1. The number of aryl methyl sites for hydroxylation is 2. The van der Waals surface area contributed by atoms with Gasteiger partial charge in [0.15, 0.2) is 0 Å². The van der Waals surface area contributed by atoms with Gasteiger partial charge >= 0.3 is 12.1 Å². The highest BCUT2D eigenvalue weighted by Gasteiger charge is 2.24. The number of amides is 5. The number of urea groups is 2. The summed E-state index contributed by atoms with van der Waals surface area (Å²) in [6, 6.07) is 49.8. The molecule has 0 aliphatic carbocycles. The molecule has 4 aromatic heterocycles. The summed E-state index contributed by atoms with van der Waals surface area (Å²) in [5, 5.41) is 27.7. The van der Waals surface area contributed by atoms with Gasteiger partial charge in [0, 0.05) is 82.6 Å². The van der Waals surface area contributed by atoms with E-state index in [1.54, 1.807) is 35.6 Å². The van der Waals surface area contributed by atoms with Crippen molar-refractivity contribution in [2.24, 2.45) is 0 Å². The van der Waals surface area contributed by atoms with Gasteiger partial charge in [-0.2, -0.15) is 10.2 Å². The van der Waals surface area contributed by atoms with Crippen LogP contribution in [0.5, 0.6) is 11.5 Å². The monoisotopic (exact) mass is 1220 g/mol. The third-order valence-electron chi connectivity index (χ3n) is 14.1. The van der Waals surface area contributed by atoms with E-state index in [1.165, 1.54) is 0 Å². The van der Waals surface area contributed by atoms with Gasteiger partial charge in [-0.25, -0.2) is 28.9 Å². The van der Waals surface area contributed by atoms with Crippen LogP contribution in [0.25, 0.3) is 32.9 Å². The molecule has 0 bridgehead atoms. The summed E-state index contributed by atoms with van der Waals surface area (Å²) in [6.07, 6.45) is 5.54. The van der Waals surface area contributed by atoms with Crippen molar-refractivity contribution >= 4 is 91.0 Å². The van der Waals surface area contributed by atoms with E-state index in [0.29, 0.717) is 79.3 Å². The van der Waals surface area contributed by atoms with Crippen molar-refractivity contribution < 1.29 is 28.7 Å². The van der Waals surface area contributed by atoms with Gasteiger partial charge in [0.1, 0.15) is 34.8 Å². The number of nitrogen functional groups attached to an aromatic ring is 1. The normalized spacial score (nSPS) is 11.1. The number of anilines is 6. The zero-order valence-corrected chi connectivity index (χ0v) is 52.8. The number of fused-ring (bicyclic) bond motifs is 2. The van der Waals surface area contributed by atoms with Crippen LogP contribution in [-0.2, 0) is 33.3 Å². The van der Waals surface area contributed by atoms with Crippen molar-refractivity contribution in [1.29, 1.82) is 0 Å². The molecule has 19 heteroatoms. The zero-order valence-electron chi connectivity index (χ0n) is 52.0. The highest BCUT2D eigenvalue weighted by Crippen LogP contribution is 2.35. The summed E-state index contributed by atoms with van der Waals surface area (Å²) in [7, 11) is 0. The number of benzene rings is 6. The first-order valence-corrected chi connectivity index (χ1v) is 29.9. The maximum absolute atomic E-state index is 13.3. The second kappa shape index (κ2) is 29.6.